The number of aliphatic imine (C=N–C) groups is 1. The molecule has 2 N–H and O–H groups in total. The van der Waals surface area contributed by atoms with Crippen LogP contribution in [0, 0.1) is 6.92 Å². The van der Waals surface area contributed by atoms with Gasteiger partial charge in [0.05, 0.1) is 27.6 Å². The maximum Gasteiger partial charge on any atom is 0.264 e. The number of rotatable bonds is 10. The number of amidine groups is 1. The van der Waals surface area contributed by atoms with Crippen LogP contribution >= 0.6 is 11.8 Å². The molecule has 236 valence electrons. The van der Waals surface area contributed by atoms with Crippen molar-refractivity contribution in [2.45, 2.75) is 24.8 Å². The third-order valence-corrected chi connectivity index (χ3v) is 9.20. The zero-order valence-electron chi connectivity index (χ0n) is 24.9. The number of benzene rings is 4. The van der Waals surface area contributed by atoms with Crippen molar-refractivity contribution in [3.8, 4) is 11.4 Å². The van der Waals surface area contributed by atoms with Crippen LogP contribution in [-0.2, 0) is 32.6 Å². The molecule has 0 spiro atoms. The molecule has 1 aliphatic rings. The topological polar surface area (TPSA) is 158 Å². The number of amides is 2. The van der Waals surface area contributed by atoms with Gasteiger partial charge in [-0.25, -0.2) is 22.8 Å². The molecule has 4 aromatic carbocycles. The van der Waals surface area contributed by atoms with E-state index in [0.29, 0.717) is 44.9 Å². The summed E-state index contributed by atoms with van der Waals surface area (Å²) in [5.74, 6) is -0.425. The van der Waals surface area contributed by atoms with E-state index in [1.54, 1.807) is 48.5 Å². The number of carbonyl (C=O) groups is 2. The molecule has 0 saturated carbocycles. The number of hydrogen-bond donors (Lipinski definition) is 2. The third-order valence-electron chi connectivity index (χ3n) is 6.90. The van der Waals surface area contributed by atoms with Gasteiger partial charge in [-0.3, -0.25) is 9.59 Å². The highest BCUT2D eigenvalue weighted by atomic mass is 32.2. The van der Waals surface area contributed by atoms with E-state index in [-0.39, 0.29) is 17.2 Å². The van der Waals surface area contributed by atoms with Crippen molar-refractivity contribution < 1.29 is 22.7 Å². The van der Waals surface area contributed by atoms with Crippen LogP contribution < -0.4 is 14.8 Å². The van der Waals surface area contributed by atoms with Gasteiger partial charge in [-0.2, -0.15) is 0 Å². The Morgan fingerprint density at radius 2 is 1.77 bits per heavy atom. The summed E-state index contributed by atoms with van der Waals surface area (Å²) in [6.45, 7) is 2.17. The summed E-state index contributed by atoms with van der Waals surface area (Å²) in [7, 11) is -3.97. The summed E-state index contributed by atoms with van der Waals surface area (Å²) in [4.78, 5) is 30.3. The van der Waals surface area contributed by atoms with Gasteiger partial charge in [0, 0.05) is 11.6 Å². The van der Waals surface area contributed by atoms with Crippen molar-refractivity contribution >= 4 is 50.5 Å². The smallest absolute Gasteiger partial charge is 0.264 e. The molecule has 0 bridgehead atoms. The van der Waals surface area contributed by atoms with Gasteiger partial charge in [0.25, 0.3) is 15.9 Å². The fourth-order valence-corrected chi connectivity index (χ4v) is 6.32. The highest BCUT2D eigenvalue weighted by Gasteiger charge is 2.25. The zero-order chi connectivity index (χ0) is 32.8. The Balaban J connectivity index is 1.13. The van der Waals surface area contributed by atoms with Crippen LogP contribution in [0.25, 0.3) is 11.8 Å². The first kappa shape index (κ1) is 31.4. The van der Waals surface area contributed by atoms with Crippen LogP contribution in [0.15, 0.2) is 118 Å². The average molecular weight is 666 g/mol. The van der Waals surface area contributed by atoms with Crippen molar-refractivity contribution in [2.24, 2.45) is 4.99 Å². The zero-order valence-corrected chi connectivity index (χ0v) is 26.5. The number of aromatic nitrogens is 4. The summed E-state index contributed by atoms with van der Waals surface area (Å²) in [5.41, 5.74) is 4.42. The van der Waals surface area contributed by atoms with Crippen LogP contribution in [0.5, 0.6) is 5.75 Å². The molecule has 1 saturated heterocycles. The number of thioether (sulfide) groups is 1. The first-order chi connectivity index (χ1) is 22.7. The highest BCUT2D eigenvalue weighted by molar-refractivity contribution is 8.18. The van der Waals surface area contributed by atoms with E-state index in [0.717, 1.165) is 11.1 Å². The van der Waals surface area contributed by atoms with Gasteiger partial charge in [0.1, 0.15) is 18.7 Å². The monoisotopic (exact) mass is 665 g/mol. The molecule has 47 heavy (non-hydrogen) atoms. The lowest BCUT2D eigenvalue weighted by atomic mass is 10.1. The molecule has 5 aromatic rings. The van der Waals surface area contributed by atoms with Gasteiger partial charge in [0.2, 0.25) is 5.91 Å². The van der Waals surface area contributed by atoms with Crippen LogP contribution in [-0.4, -0.2) is 45.6 Å². The Morgan fingerprint density at radius 1 is 1.00 bits per heavy atom. The van der Waals surface area contributed by atoms with Crippen molar-refractivity contribution in [1.29, 1.82) is 0 Å². The first-order valence-corrected chi connectivity index (χ1v) is 16.6. The highest BCUT2D eigenvalue weighted by Crippen LogP contribution is 2.32. The molecular weight excluding hydrogens is 639 g/mol. The molecule has 0 aliphatic carbocycles. The van der Waals surface area contributed by atoms with Crippen LogP contribution in [0.1, 0.15) is 22.3 Å². The van der Waals surface area contributed by atoms with Crippen molar-refractivity contribution in [2.75, 3.05) is 0 Å². The lowest BCUT2D eigenvalue weighted by Crippen LogP contribution is -2.31. The molecule has 2 amide bonds. The van der Waals surface area contributed by atoms with Crippen molar-refractivity contribution in [1.82, 2.24) is 30.2 Å². The van der Waals surface area contributed by atoms with Gasteiger partial charge < -0.3 is 10.1 Å². The number of hydrogen-bond acceptors (Lipinski definition) is 10. The van der Waals surface area contributed by atoms with Gasteiger partial charge in [0.15, 0.2) is 5.17 Å². The van der Waals surface area contributed by atoms with E-state index in [2.05, 4.69) is 30.6 Å². The first-order valence-electron chi connectivity index (χ1n) is 14.3. The number of carbonyl (C=O) groups excluding carboxylic acids is 2. The minimum Gasteiger partial charge on any atom is -0.488 e. The summed E-state index contributed by atoms with van der Waals surface area (Å²) >= 11 is 1.18. The van der Waals surface area contributed by atoms with E-state index >= 15 is 0 Å². The molecule has 1 aromatic heterocycles. The number of ether oxygens (including phenoxy) is 1. The third kappa shape index (κ3) is 7.98. The molecule has 0 unspecified atom stereocenters. The number of tetrazole rings is 1. The predicted molar refractivity (Wildman–Crippen MR) is 177 cm³/mol. The standard InChI is InChI=1S/C33H27N7O5S2/c1-22-7-15-28(16-8-22)47(43,44)37-31(41)17-23-9-12-26(13-10-23)35-33-36-32(42)30(46-33)18-25-11-14-27(40-21-34-38-39-40)19-29(25)45-20-24-5-3-2-4-6-24/h2-16,18-19,21H,17,20H2,1H3,(H,37,41)(H,35,36,42). The second-order valence-corrected chi connectivity index (χ2v) is 13.1. The number of nitrogens with zero attached hydrogens (tertiary/aromatic N) is 5. The Morgan fingerprint density at radius 3 is 2.49 bits per heavy atom. The maximum atomic E-state index is 12.9. The minimum absolute atomic E-state index is 0.0180. The fraction of sp³-hybridized carbons (Fsp3) is 0.0909. The number of sulfonamides is 1. The average Bonchev–Trinajstić information content (AvgIpc) is 3.72. The molecule has 14 heteroatoms. The molecule has 1 aliphatic heterocycles. The van der Waals surface area contributed by atoms with Gasteiger partial charge in [-0.15, -0.1) is 5.10 Å². The Bertz CT molecular complexity index is 2080. The lowest BCUT2D eigenvalue weighted by Gasteiger charge is -2.12. The molecular formula is C33H27N7O5S2. The lowest BCUT2D eigenvalue weighted by molar-refractivity contribution is -0.118. The van der Waals surface area contributed by atoms with Gasteiger partial charge in [-0.1, -0.05) is 60.2 Å². The van der Waals surface area contributed by atoms with Crippen LogP contribution in [0.4, 0.5) is 5.69 Å². The van der Waals surface area contributed by atoms with Crippen molar-refractivity contribution in [3.63, 3.8) is 0 Å². The fourth-order valence-electron chi connectivity index (χ4n) is 4.50. The van der Waals surface area contributed by atoms with Crippen molar-refractivity contribution in [3.05, 3.63) is 131 Å². The SMILES string of the molecule is Cc1ccc(S(=O)(=O)NC(=O)Cc2ccc(N=C3NC(=O)C(=Cc4ccc(-n5cnnn5)cc4OCc4ccccc4)S3)cc2)cc1. The largest absolute Gasteiger partial charge is 0.488 e. The maximum absolute atomic E-state index is 12.9. The Labute approximate surface area is 274 Å². The van der Waals surface area contributed by atoms with E-state index < -0.39 is 15.9 Å². The predicted octanol–water partition coefficient (Wildman–Crippen LogP) is 4.49. The Kier molecular flexibility index (Phi) is 9.22. The number of nitrogens with one attached hydrogen (secondary N) is 2. The number of aryl methyl sites for hydroxylation is 1. The second kappa shape index (κ2) is 13.8. The summed E-state index contributed by atoms with van der Waals surface area (Å²) in [5, 5.41) is 14.5. The molecule has 1 fully saturated rings. The van der Waals surface area contributed by atoms with Gasteiger partial charge >= 0.3 is 0 Å². The molecule has 0 atom stereocenters. The Hall–Kier alpha value is -5.60. The normalized spacial score (nSPS) is 14.7. The quantitative estimate of drug-likeness (QED) is 0.205. The molecule has 0 radical (unpaired) electrons. The molecule has 2 heterocycles. The van der Waals surface area contributed by atoms with E-state index in [1.807, 2.05) is 49.4 Å². The van der Waals surface area contributed by atoms with Crippen LogP contribution in [0.2, 0.25) is 0 Å². The van der Waals surface area contributed by atoms with E-state index in [4.69, 9.17) is 4.74 Å². The van der Waals surface area contributed by atoms with E-state index in [9.17, 15) is 18.0 Å². The summed E-state index contributed by atoms with van der Waals surface area (Å²) in [6, 6.07) is 28.1. The summed E-state index contributed by atoms with van der Waals surface area (Å²) in [6.07, 6.45) is 3.08. The second-order valence-electron chi connectivity index (χ2n) is 10.4. The molecule has 6 rings (SSSR count). The van der Waals surface area contributed by atoms with Gasteiger partial charge in [-0.05, 0) is 82.7 Å². The molecule has 12 nitrogen and oxygen atoms in total. The van der Waals surface area contributed by atoms with Crippen LogP contribution in [0.3, 0.4) is 0 Å². The van der Waals surface area contributed by atoms with E-state index in [1.165, 1.54) is 34.9 Å². The minimum atomic E-state index is -3.97. The summed E-state index contributed by atoms with van der Waals surface area (Å²) < 4.78 is 34.8.